The molecule has 0 aliphatic carbocycles. The third kappa shape index (κ3) is 5.28. The maximum absolute atomic E-state index is 11.1. The number of sulfonamides is 1. The number of nitrogens with two attached hydrogens (primary N) is 1. The Morgan fingerprint density at radius 1 is 1.26 bits per heavy atom. The first-order chi connectivity index (χ1) is 8.84. The fraction of sp³-hybridized carbons (Fsp3) is 0.538. The predicted molar refractivity (Wildman–Crippen MR) is 75.3 cm³/mol. The zero-order chi connectivity index (χ0) is 14.5. The molecule has 2 atom stereocenters. The molecule has 0 fully saturated rings. The van der Waals surface area contributed by atoms with Crippen LogP contribution in [0.25, 0.3) is 0 Å². The minimum atomic E-state index is -3.62. The smallest absolute Gasteiger partial charge is 0.238 e. The van der Waals surface area contributed by atoms with Gasteiger partial charge < -0.3 is 10.1 Å². The van der Waals surface area contributed by atoms with Gasteiger partial charge in [-0.2, -0.15) is 0 Å². The van der Waals surface area contributed by atoms with Crippen molar-refractivity contribution in [2.75, 3.05) is 13.2 Å². The van der Waals surface area contributed by atoms with Crippen LogP contribution < -0.4 is 10.5 Å². The Morgan fingerprint density at radius 3 is 2.32 bits per heavy atom. The first kappa shape index (κ1) is 16.1. The van der Waals surface area contributed by atoms with Gasteiger partial charge in [0.2, 0.25) is 10.0 Å². The molecule has 0 aliphatic heterocycles. The van der Waals surface area contributed by atoms with Crippen LogP contribution in [0.1, 0.15) is 32.4 Å². The third-order valence-electron chi connectivity index (χ3n) is 2.87. The average Bonchev–Trinajstić information content (AvgIpc) is 2.35. The van der Waals surface area contributed by atoms with E-state index in [1.54, 1.807) is 12.1 Å². The molecule has 5 nitrogen and oxygen atoms in total. The lowest BCUT2D eigenvalue weighted by Gasteiger charge is -2.18. The molecule has 2 unspecified atom stereocenters. The number of hydrogen-bond donors (Lipinski definition) is 2. The van der Waals surface area contributed by atoms with Gasteiger partial charge in [0, 0.05) is 19.2 Å². The Hall–Kier alpha value is -0.950. The Kier molecular flexibility index (Phi) is 5.93. The topological polar surface area (TPSA) is 81.4 Å². The zero-order valence-electron chi connectivity index (χ0n) is 11.6. The van der Waals surface area contributed by atoms with E-state index in [0.29, 0.717) is 6.61 Å². The van der Waals surface area contributed by atoms with E-state index in [0.717, 1.165) is 12.1 Å². The number of benzene rings is 1. The summed E-state index contributed by atoms with van der Waals surface area (Å²) in [4.78, 5) is 0.131. The summed E-state index contributed by atoms with van der Waals surface area (Å²) < 4.78 is 27.7. The van der Waals surface area contributed by atoms with Crippen LogP contribution in [0.4, 0.5) is 0 Å². The van der Waals surface area contributed by atoms with Crippen LogP contribution in [0.2, 0.25) is 0 Å². The van der Waals surface area contributed by atoms with E-state index in [2.05, 4.69) is 5.32 Å². The average molecular weight is 286 g/mol. The Bertz CT molecular complexity index is 485. The second-order valence-corrected chi connectivity index (χ2v) is 6.07. The molecule has 0 saturated carbocycles. The van der Waals surface area contributed by atoms with Crippen LogP contribution in [0.5, 0.6) is 0 Å². The molecular formula is C13H22N2O3S. The standard InChI is InChI=1S/C13H22N2O3S/c1-4-18-10(2)9-15-11(3)12-5-7-13(8-6-12)19(14,16)17/h5-8,10-11,15H,4,9H2,1-3H3,(H2,14,16,17). The van der Waals surface area contributed by atoms with Crippen LogP contribution in [-0.4, -0.2) is 27.7 Å². The van der Waals surface area contributed by atoms with Crippen LogP contribution in [0, 0.1) is 0 Å². The maximum atomic E-state index is 11.1. The van der Waals surface area contributed by atoms with Crippen LogP contribution in [0.3, 0.4) is 0 Å². The highest BCUT2D eigenvalue weighted by Crippen LogP contribution is 2.15. The van der Waals surface area contributed by atoms with Gasteiger partial charge in [0.1, 0.15) is 0 Å². The van der Waals surface area contributed by atoms with Crippen molar-refractivity contribution in [2.45, 2.75) is 37.8 Å². The third-order valence-corrected chi connectivity index (χ3v) is 3.80. The van der Waals surface area contributed by atoms with E-state index in [-0.39, 0.29) is 17.0 Å². The molecule has 0 saturated heterocycles. The van der Waals surface area contributed by atoms with Crippen LogP contribution >= 0.6 is 0 Å². The Morgan fingerprint density at radius 2 is 1.84 bits per heavy atom. The van der Waals surface area contributed by atoms with Crippen molar-refractivity contribution in [2.24, 2.45) is 5.14 Å². The highest BCUT2D eigenvalue weighted by Gasteiger charge is 2.10. The highest BCUT2D eigenvalue weighted by molar-refractivity contribution is 7.89. The summed E-state index contributed by atoms with van der Waals surface area (Å²) in [6.07, 6.45) is 0.149. The molecule has 0 amide bonds. The fourth-order valence-electron chi connectivity index (χ4n) is 1.75. The summed E-state index contributed by atoms with van der Waals surface area (Å²) >= 11 is 0. The molecule has 1 aromatic rings. The van der Waals surface area contributed by atoms with Crippen molar-refractivity contribution in [1.29, 1.82) is 0 Å². The summed E-state index contributed by atoms with van der Waals surface area (Å²) in [7, 11) is -3.62. The number of hydrogen-bond acceptors (Lipinski definition) is 4. The highest BCUT2D eigenvalue weighted by atomic mass is 32.2. The van der Waals surface area contributed by atoms with E-state index >= 15 is 0 Å². The number of nitrogens with one attached hydrogen (secondary N) is 1. The first-order valence-electron chi connectivity index (χ1n) is 6.32. The van der Waals surface area contributed by atoms with E-state index in [4.69, 9.17) is 9.88 Å². The molecule has 6 heteroatoms. The minimum Gasteiger partial charge on any atom is -0.377 e. The second-order valence-electron chi connectivity index (χ2n) is 4.51. The summed E-state index contributed by atoms with van der Waals surface area (Å²) in [5, 5.41) is 8.39. The first-order valence-corrected chi connectivity index (χ1v) is 7.87. The van der Waals surface area contributed by atoms with Crippen molar-refractivity contribution < 1.29 is 13.2 Å². The van der Waals surface area contributed by atoms with Gasteiger partial charge in [0.05, 0.1) is 11.0 Å². The van der Waals surface area contributed by atoms with Gasteiger partial charge in [0.15, 0.2) is 0 Å². The summed E-state index contributed by atoms with van der Waals surface area (Å²) in [6.45, 7) is 7.43. The molecule has 0 aromatic heterocycles. The van der Waals surface area contributed by atoms with Crippen molar-refractivity contribution in [3.05, 3.63) is 29.8 Å². The molecular weight excluding hydrogens is 264 g/mol. The van der Waals surface area contributed by atoms with Crippen LogP contribution in [-0.2, 0) is 14.8 Å². The maximum Gasteiger partial charge on any atom is 0.238 e. The lowest BCUT2D eigenvalue weighted by molar-refractivity contribution is 0.0743. The van der Waals surface area contributed by atoms with E-state index < -0.39 is 10.0 Å². The quantitative estimate of drug-likeness (QED) is 0.794. The van der Waals surface area contributed by atoms with E-state index in [1.807, 2.05) is 20.8 Å². The molecule has 0 heterocycles. The zero-order valence-corrected chi connectivity index (χ0v) is 12.4. The SMILES string of the molecule is CCOC(C)CNC(C)c1ccc(S(N)(=O)=O)cc1. The normalized spacial score (nSPS) is 15.2. The molecule has 19 heavy (non-hydrogen) atoms. The van der Waals surface area contributed by atoms with Gasteiger partial charge in [0.25, 0.3) is 0 Å². The number of primary sulfonamides is 1. The molecule has 108 valence electrons. The Balaban J connectivity index is 2.61. The predicted octanol–water partition coefficient (Wildman–Crippen LogP) is 1.41. The van der Waals surface area contributed by atoms with Gasteiger partial charge >= 0.3 is 0 Å². The Labute approximate surface area is 115 Å². The molecule has 0 bridgehead atoms. The number of rotatable bonds is 7. The molecule has 0 radical (unpaired) electrons. The van der Waals surface area contributed by atoms with Gasteiger partial charge in [-0.3, -0.25) is 0 Å². The van der Waals surface area contributed by atoms with E-state index in [1.165, 1.54) is 12.1 Å². The van der Waals surface area contributed by atoms with Crippen molar-refractivity contribution in [3.63, 3.8) is 0 Å². The monoisotopic (exact) mass is 286 g/mol. The van der Waals surface area contributed by atoms with Gasteiger partial charge in [-0.25, -0.2) is 13.6 Å². The van der Waals surface area contributed by atoms with Crippen molar-refractivity contribution in [1.82, 2.24) is 5.32 Å². The largest absolute Gasteiger partial charge is 0.377 e. The number of ether oxygens (including phenoxy) is 1. The summed E-state index contributed by atoms with van der Waals surface area (Å²) in [6, 6.07) is 6.70. The molecule has 1 rings (SSSR count). The van der Waals surface area contributed by atoms with E-state index in [9.17, 15) is 8.42 Å². The minimum absolute atomic E-state index is 0.123. The lowest BCUT2D eigenvalue weighted by atomic mass is 10.1. The lowest BCUT2D eigenvalue weighted by Crippen LogP contribution is -2.29. The van der Waals surface area contributed by atoms with Gasteiger partial charge in [-0.05, 0) is 38.5 Å². The van der Waals surface area contributed by atoms with Crippen molar-refractivity contribution in [3.8, 4) is 0 Å². The van der Waals surface area contributed by atoms with Crippen molar-refractivity contribution >= 4 is 10.0 Å². The molecule has 0 aliphatic rings. The summed E-state index contributed by atoms with van der Waals surface area (Å²) in [5.74, 6) is 0. The van der Waals surface area contributed by atoms with Gasteiger partial charge in [-0.15, -0.1) is 0 Å². The fourth-order valence-corrected chi connectivity index (χ4v) is 2.27. The molecule has 3 N–H and O–H groups in total. The van der Waals surface area contributed by atoms with Gasteiger partial charge in [-0.1, -0.05) is 12.1 Å². The summed E-state index contributed by atoms with van der Waals surface area (Å²) in [5.41, 5.74) is 1.01. The molecule has 1 aromatic carbocycles. The van der Waals surface area contributed by atoms with Crippen LogP contribution in [0.15, 0.2) is 29.2 Å². The molecule has 0 spiro atoms. The second kappa shape index (κ2) is 7.00.